The van der Waals surface area contributed by atoms with E-state index in [1.54, 1.807) is 29.9 Å². The average Bonchev–Trinajstić information content (AvgIpc) is 2.89. The van der Waals surface area contributed by atoms with Gasteiger partial charge in [-0.3, -0.25) is 0 Å². The number of ether oxygens (including phenoxy) is 1. The van der Waals surface area contributed by atoms with Gasteiger partial charge in [0.05, 0.1) is 17.5 Å². The summed E-state index contributed by atoms with van der Waals surface area (Å²) in [6, 6.07) is 10.9. The Labute approximate surface area is 165 Å². The first-order valence-electron chi connectivity index (χ1n) is 8.01. The molecule has 8 heteroatoms. The standard InChI is InChI=1S/C19H16Cl2FN3O2/c1-12-15(10-23-26-11-16-17(20)4-3-5-18(16)21)19(25(2)24-12)27-14-8-6-13(22)7-9-14/h3-10H,11H2,1-2H3/b23-10+. The van der Waals surface area contributed by atoms with Crippen molar-refractivity contribution in [2.45, 2.75) is 13.5 Å². The van der Waals surface area contributed by atoms with Gasteiger partial charge in [-0.2, -0.15) is 5.10 Å². The van der Waals surface area contributed by atoms with Crippen LogP contribution in [-0.2, 0) is 18.5 Å². The number of benzene rings is 2. The van der Waals surface area contributed by atoms with Gasteiger partial charge >= 0.3 is 0 Å². The lowest BCUT2D eigenvalue weighted by Crippen LogP contribution is -1.97. The number of hydrogen-bond donors (Lipinski definition) is 0. The van der Waals surface area contributed by atoms with Gasteiger partial charge in [0.15, 0.2) is 0 Å². The average molecular weight is 408 g/mol. The van der Waals surface area contributed by atoms with Crippen LogP contribution in [0.1, 0.15) is 16.8 Å². The van der Waals surface area contributed by atoms with Crippen molar-refractivity contribution in [3.05, 3.63) is 75.1 Å². The predicted octanol–water partition coefficient (Wildman–Crippen LogP) is 5.52. The van der Waals surface area contributed by atoms with Crippen molar-refractivity contribution in [1.82, 2.24) is 9.78 Å². The number of rotatable bonds is 6. The molecule has 0 unspecified atom stereocenters. The third kappa shape index (κ3) is 4.59. The lowest BCUT2D eigenvalue weighted by atomic mass is 10.2. The Kier molecular flexibility index (Phi) is 5.98. The number of oxime groups is 1. The van der Waals surface area contributed by atoms with E-state index >= 15 is 0 Å². The highest BCUT2D eigenvalue weighted by Crippen LogP contribution is 2.27. The van der Waals surface area contributed by atoms with Gasteiger partial charge in [-0.25, -0.2) is 9.07 Å². The van der Waals surface area contributed by atoms with E-state index in [1.807, 2.05) is 6.92 Å². The van der Waals surface area contributed by atoms with E-state index < -0.39 is 0 Å². The molecule has 5 nitrogen and oxygen atoms in total. The smallest absolute Gasteiger partial charge is 0.226 e. The number of hydrogen-bond acceptors (Lipinski definition) is 4. The number of aryl methyl sites for hydroxylation is 2. The molecule has 0 amide bonds. The van der Waals surface area contributed by atoms with Crippen LogP contribution in [0.2, 0.25) is 10.0 Å². The second-order valence-corrected chi connectivity index (χ2v) is 6.51. The third-order valence-electron chi connectivity index (χ3n) is 3.77. The Bertz CT molecular complexity index is 952. The van der Waals surface area contributed by atoms with Crippen LogP contribution in [-0.4, -0.2) is 16.0 Å². The van der Waals surface area contributed by atoms with Crippen LogP contribution in [0.25, 0.3) is 0 Å². The second kappa shape index (κ2) is 8.41. The summed E-state index contributed by atoms with van der Waals surface area (Å²) in [5.41, 5.74) is 2.01. The summed E-state index contributed by atoms with van der Waals surface area (Å²) in [5, 5.41) is 9.31. The van der Waals surface area contributed by atoms with Crippen molar-refractivity contribution < 1.29 is 14.0 Å². The molecule has 0 saturated carbocycles. The molecule has 0 bridgehead atoms. The zero-order chi connectivity index (χ0) is 19.4. The molecule has 27 heavy (non-hydrogen) atoms. The zero-order valence-electron chi connectivity index (χ0n) is 14.6. The fraction of sp³-hybridized carbons (Fsp3) is 0.158. The molecule has 0 aliphatic rings. The van der Waals surface area contributed by atoms with Gasteiger partial charge in [0.1, 0.15) is 18.2 Å². The Morgan fingerprint density at radius 2 is 1.81 bits per heavy atom. The van der Waals surface area contributed by atoms with Crippen molar-refractivity contribution in [3.8, 4) is 11.6 Å². The molecule has 0 saturated heterocycles. The second-order valence-electron chi connectivity index (χ2n) is 5.69. The fourth-order valence-corrected chi connectivity index (χ4v) is 2.91. The highest BCUT2D eigenvalue weighted by atomic mass is 35.5. The fourth-order valence-electron chi connectivity index (χ4n) is 2.40. The summed E-state index contributed by atoms with van der Waals surface area (Å²) in [7, 11) is 1.74. The molecular formula is C19H16Cl2FN3O2. The zero-order valence-corrected chi connectivity index (χ0v) is 16.1. The monoisotopic (exact) mass is 407 g/mol. The summed E-state index contributed by atoms with van der Waals surface area (Å²) < 4.78 is 20.4. The maximum Gasteiger partial charge on any atom is 0.226 e. The van der Waals surface area contributed by atoms with Crippen molar-refractivity contribution >= 4 is 29.4 Å². The van der Waals surface area contributed by atoms with Gasteiger partial charge in [-0.1, -0.05) is 34.4 Å². The van der Waals surface area contributed by atoms with Crippen LogP contribution in [0.3, 0.4) is 0 Å². The van der Waals surface area contributed by atoms with Crippen LogP contribution in [0, 0.1) is 12.7 Å². The van der Waals surface area contributed by atoms with Gasteiger partial charge in [0.25, 0.3) is 0 Å². The molecule has 3 aromatic rings. The van der Waals surface area contributed by atoms with Crippen molar-refractivity contribution in [2.75, 3.05) is 0 Å². The molecule has 0 N–H and O–H groups in total. The largest absolute Gasteiger partial charge is 0.439 e. The molecule has 0 radical (unpaired) electrons. The maximum absolute atomic E-state index is 13.1. The molecule has 0 aliphatic heterocycles. The Morgan fingerprint density at radius 1 is 1.15 bits per heavy atom. The van der Waals surface area contributed by atoms with E-state index in [2.05, 4.69) is 10.3 Å². The topological polar surface area (TPSA) is 48.6 Å². The van der Waals surface area contributed by atoms with Crippen molar-refractivity contribution in [3.63, 3.8) is 0 Å². The minimum Gasteiger partial charge on any atom is -0.439 e. The third-order valence-corrected chi connectivity index (χ3v) is 4.48. The first-order chi connectivity index (χ1) is 13.0. The molecule has 0 atom stereocenters. The van der Waals surface area contributed by atoms with Gasteiger partial charge in [-0.15, -0.1) is 0 Å². The minimum absolute atomic E-state index is 0.127. The van der Waals surface area contributed by atoms with Gasteiger partial charge < -0.3 is 9.57 Å². The molecule has 0 fully saturated rings. The summed E-state index contributed by atoms with van der Waals surface area (Å²) in [6.45, 7) is 1.95. The minimum atomic E-state index is -0.336. The highest BCUT2D eigenvalue weighted by molar-refractivity contribution is 6.35. The van der Waals surface area contributed by atoms with E-state index in [9.17, 15) is 4.39 Å². The quantitative estimate of drug-likeness (QED) is 0.399. The summed E-state index contributed by atoms with van der Waals surface area (Å²) in [4.78, 5) is 5.33. The SMILES string of the molecule is Cc1nn(C)c(Oc2ccc(F)cc2)c1/C=N/OCc1c(Cl)cccc1Cl. The Morgan fingerprint density at radius 3 is 2.48 bits per heavy atom. The molecule has 0 spiro atoms. The first-order valence-corrected chi connectivity index (χ1v) is 8.76. The molecular weight excluding hydrogens is 392 g/mol. The number of nitrogens with zero attached hydrogens (tertiary/aromatic N) is 3. The van der Waals surface area contributed by atoms with Gasteiger partial charge in [0, 0.05) is 22.7 Å². The normalized spacial score (nSPS) is 11.1. The van der Waals surface area contributed by atoms with Crippen LogP contribution in [0.15, 0.2) is 47.6 Å². The van der Waals surface area contributed by atoms with E-state index in [4.69, 9.17) is 32.8 Å². The molecule has 1 heterocycles. The van der Waals surface area contributed by atoms with E-state index in [0.717, 1.165) is 0 Å². The predicted molar refractivity (Wildman–Crippen MR) is 103 cm³/mol. The number of halogens is 3. The molecule has 140 valence electrons. The molecule has 2 aromatic carbocycles. The van der Waals surface area contributed by atoms with Crippen LogP contribution in [0.4, 0.5) is 4.39 Å². The Hall–Kier alpha value is -2.57. The number of aromatic nitrogens is 2. The molecule has 3 rings (SSSR count). The highest BCUT2D eigenvalue weighted by Gasteiger charge is 2.14. The van der Waals surface area contributed by atoms with Crippen molar-refractivity contribution in [2.24, 2.45) is 12.2 Å². The summed E-state index contributed by atoms with van der Waals surface area (Å²) in [6.07, 6.45) is 1.51. The van der Waals surface area contributed by atoms with E-state index in [-0.39, 0.29) is 12.4 Å². The summed E-state index contributed by atoms with van der Waals surface area (Å²) in [5.74, 6) is 0.608. The Balaban J connectivity index is 1.74. The lowest BCUT2D eigenvalue weighted by molar-refractivity contribution is 0.132. The van der Waals surface area contributed by atoms with E-state index in [0.29, 0.717) is 38.5 Å². The van der Waals surface area contributed by atoms with E-state index in [1.165, 1.54) is 30.5 Å². The molecule has 1 aromatic heterocycles. The van der Waals surface area contributed by atoms with Gasteiger partial charge in [-0.05, 0) is 43.3 Å². The van der Waals surface area contributed by atoms with Crippen molar-refractivity contribution in [1.29, 1.82) is 0 Å². The van der Waals surface area contributed by atoms with Crippen LogP contribution >= 0.6 is 23.2 Å². The van der Waals surface area contributed by atoms with Gasteiger partial charge in [0.2, 0.25) is 5.88 Å². The summed E-state index contributed by atoms with van der Waals surface area (Å²) >= 11 is 12.2. The molecule has 0 aliphatic carbocycles. The van der Waals surface area contributed by atoms with Crippen LogP contribution in [0.5, 0.6) is 11.6 Å². The van der Waals surface area contributed by atoms with Crippen LogP contribution < -0.4 is 4.74 Å². The maximum atomic E-state index is 13.1. The first kappa shape index (κ1) is 19.2. The lowest BCUT2D eigenvalue weighted by Gasteiger charge is -2.07.